The van der Waals surface area contributed by atoms with Gasteiger partial charge in [-0.25, -0.2) is 0 Å². The molecule has 0 aromatic heterocycles. The third-order valence-corrected chi connectivity index (χ3v) is 3.77. The normalized spacial score (nSPS) is 16.5. The summed E-state index contributed by atoms with van der Waals surface area (Å²) in [7, 11) is 0. The van der Waals surface area contributed by atoms with E-state index in [2.05, 4.69) is 21.2 Å². The molecule has 0 saturated carbocycles. The van der Waals surface area contributed by atoms with Crippen LogP contribution < -0.4 is 15.8 Å². The van der Waals surface area contributed by atoms with E-state index < -0.39 is 5.91 Å². The topological polar surface area (TPSA) is 64.4 Å². The van der Waals surface area contributed by atoms with Crippen molar-refractivity contribution in [2.45, 2.75) is 12.8 Å². The average molecular weight is 313 g/mol. The summed E-state index contributed by atoms with van der Waals surface area (Å²) in [6.45, 7) is 2.85. The summed E-state index contributed by atoms with van der Waals surface area (Å²) in [6.07, 6.45) is 2.30. The Kier molecular flexibility index (Phi) is 4.60. The van der Waals surface area contributed by atoms with E-state index >= 15 is 0 Å². The van der Waals surface area contributed by atoms with Crippen LogP contribution in [-0.4, -0.2) is 25.6 Å². The Morgan fingerprint density at radius 3 is 2.78 bits per heavy atom. The lowest BCUT2D eigenvalue weighted by atomic mass is 9.99. The van der Waals surface area contributed by atoms with Gasteiger partial charge in [-0.15, -0.1) is 0 Å². The van der Waals surface area contributed by atoms with Gasteiger partial charge in [0.25, 0.3) is 0 Å². The SMILES string of the molecule is NC(=O)c1ccc(OCC2CCNCC2)c(Br)c1. The Balaban J connectivity index is 1.94. The second-order valence-corrected chi connectivity index (χ2v) is 5.37. The van der Waals surface area contributed by atoms with Crippen LogP contribution in [0.4, 0.5) is 0 Å². The Bertz CT molecular complexity index is 431. The van der Waals surface area contributed by atoms with Crippen LogP contribution in [0.25, 0.3) is 0 Å². The Morgan fingerprint density at radius 1 is 1.44 bits per heavy atom. The molecule has 5 heteroatoms. The fourth-order valence-electron chi connectivity index (χ4n) is 2.03. The van der Waals surface area contributed by atoms with Gasteiger partial charge < -0.3 is 15.8 Å². The molecule has 18 heavy (non-hydrogen) atoms. The quantitative estimate of drug-likeness (QED) is 0.893. The predicted molar refractivity (Wildman–Crippen MR) is 73.7 cm³/mol. The molecule has 1 aliphatic heterocycles. The fraction of sp³-hybridized carbons (Fsp3) is 0.462. The standard InChI is InChI=1S/C13H17BrN2O2/c14-11-7-10(13(15)17)1-2-12(11)18-8-9-3-5-16-6-4-9/h1-2,7,9,16H,3-6,8H2,(H2,15,17). The van der Waals surface area contributed by atoms with Gasteiger partial charge in [0.2, 0.25) is 5.91 Å². The first-order chi connectivity index (χ1) is 8.66. The maximum atomic E-state index is 11.0. The Labute approximate surface area is 115 Å². The highest BCUT2D eigenvalue weighted by atomic mass is 79.9. The van der Waals surface area contributed by atoms with Crippen molar-refractivity contribution in [1.29, 1.82) is 0 Å². The van der Waals surface area contributed by atoms with Gasteiger partial charge in [-0.05, 0) is 66.0 Å². The molecule has 1 aliphatic rings. The number of ether oxygens (including phenoxy) is 1. The van der Waals surface area contributed by atoms with Crippen molar-refractivity contribution in [3.8, 4) is 5.75 Å². The highest BCUT2D eigenvalue weighted by molar-refractivity contribution is 9.10. The molecule has 0 atom stereocenters. The highest BCUT2D eigenvalue weighted by Crippen LogP contribution is 2.27. The third kappa shape index (κ3) is 3.46. The smallest absolute Gasteiger partial charge is 0.248 e. The van der Waals surface area contributed by atoms with Gasteiger partial charge in [0.15, 0.2) is 0 Å². The average Bonchev–Trinajstić information content (AvgIpc) is 2.38. The van der Waals surface area contributed by atoms with E-state index in [1.54, 1.807) is 18.2 Å². The van der Waals surface area contributed by atoms with Gasteiger partial charge in [-0.3, -0.25) is 4.79 Å². The zero-order chi connectivity index (χ0) is 13.0. The summed E-state index contributed by atoms with van der Waals surface area (Å²) in [5.41, 5.74) is 5.70. The van der Waals surface area contributed by atoms with Crippen LogP contribution in [0.5, 0.6) is 5.75 Å². The van der Waals surface area contributed by atoms with E-state index in [1.165, 1.54) is 0 Å². The summed E-state index contributed by atoms with van der Waals surface area (Å²) in [5.74, 6) is 0.938. The van der Waals surface area contributed by atoms with Gasteiger partial charge in [-0.1, -0.05) is 0 Å². The van der Waals surface area contributed by atoms with E-state index in [1.807, 2.05) is 0 Å². The minimum Gasteiger partial charge on any atom is -0.492 e. The number of nitrogens with one attached hydrogen (secondary N) is 1. The molecule has 0 bridgehead atoms. The molecule has 1 amide bonds. The number of carbonyl (C=O) groups is 1. The number of rotatable bonds is 4. The zero-order valence-electron chi connectivity index (χ0n) is 10.1. The van der Waals surface area contributed by atoms with Crippen LogP contribution in [0.2, 0.25) is 0 Å². The lowest BCUT2D eigenvalue weighted by Crippen LogP contribution is -2.30. The number of hydrogen-bond donors (Lipinski definition) is 2. The van der Waals surface area contributed by atoms with Crippen molar-refractivity contribution in [1.82, 2.24) is 5.32 Å². The van der Waals surface area contributed by atoms with Crippen molar-refractivity contribution < 1.29 is 9.53 Å². The third-order valence-electron chi connectivity index (χ3n) is 3.15. The van der Waals surface area contributed by atoms with Crippen molar-refractivity contribution in [3.05, 3.63) is 28.2 Å². The van der Waals surface area contributed by atoms with Crippen molar-refractivity contribution in [2.24, 2.45) is 11.7 Å². The summed E-state index contributed by atoms with van der Waals surface area (Å²) >= 11 is 3.40. The van der Waals surface area contributed by atoms with Gasteiger partial charge >= 0.3 is 0 Å². The maximum Gasteiger partial charge on any atom is 0.248 e. The molecule has 0 unspecified atom stereocenters. The zero-order valence-corrected chi connectivity index (χ0v) is 11.7. The highest BCUT2D eigenvalue weighted by Gasteiger charge is 2.14. The van der Waals surface area contributed by atoms with Crippen LogP contribution >= 0.6 is 15.9 Å². The van der Waals surface area contributed by atoms with Crippen molar-refractivity contribution in [3.63, 3.8) is 0 Å². The number of primary amides is 1. The van der Waals surface area contributed by atoms with Crippen molar-refractivity contribution >= 4 is 21.8 Å². The molecule has 0 spiro atoms. The van der Waals surface area contributed by atoms with Gasteiger partial charge in [0.1, 0.15) is 5.75 Å². The Hall–Kier alpha value is -1.07. The lowest BCUT2D eigenvalue weighted by molar-refractivity contribution is 0.1000. The first-order valence-electron chi connectivity index (χ1n) is 6.09. The van der Waals surface area contributed by atoms with Crippen molar-refractivity contribution in [2.75, 3.05) is 19.7 Å². The molecule has 98 valence electrons. The lowest BCUT2D eigenvalue weighted by Gasteiger charge is -2.22. The largest absolute Gasteiger partial charge is 0.492 e. The molecular formula is C13H17BrN2O2. The number of halogens is 1. The molecule has 2 rings (SSSR count). The fourth-order valence-corrected chi connectivity index (χ4v) is 2.52. The second kappa shape index (κ2) is 6.20. The van der Waals surface area contributed by atoms with Crippen LogP contribution in [-0.2, 0) is 0 Å². The number of nitrogens with two attached hydrogens (primary N) is 1. The molecule has 1 saturated heterocycles. The first-order valence-corrected chi connectivity index (χ1v) is 6.89. The van der Waals surface area contributed by atoms with Crippen LogP contribution in [0.1, 0.15) is 23.2 Å². The molecule has 1 aromatic rings. The van der Waals surface area contributed by atoms with Gasteiger partial charge in [0, 0.05) is 5.56 Å². The summed E-state index contributed by atoms with van der Waals surface area (Å²) < 4.78 is 6.56. The molecule has 3 N–H and O–H groups in total. The van der Waals surface area contributed by atoms with Crippen LogP contribution in [0.3, 0.4) is 0 Å². The predicted octanol–water partition coefficient (Wildman–Crippen LogP) is 1.93. The number of carbonyl (C=O) groups excluding carboxylic acids is 1. The number of piperidine rings is 1. The minimum atomic E-state index is -0.430. The van der Waals surface area contributed by atoms with Crippen LogP contribution in [0, 0.1) is 5.92 Å². The van der Waals surface area contributed by atoms with Gasteiger partial charge in [-0.2, -0.15) is 0 Å². The molecular weight excluding hydrogens is 296 g/mol. The maximum absolute atomic E-state index is 11.0. The molecule has 1 fully saturated rings. The molecule has 0 aliphatic carbocycles. The van der Waals surface area contributed by atoms with E-state index in [0.717, 1.165) is 42.8 Å². The van der Waals surface area contributed by atoms with E-state index in [-0.39, 0.29) is 0 Å². The molecule has 4 nitrogen and oxygen atoms in total. The number of hydrogen-bond acceptors (Lipinski definition) is 3. The Morgan fingerprint density at radius 2 is 2.17 bits per heavy atom. The number of amides is 1. The molecule has 0 radical (unpaired) electrons. The summed E-state index contributed by atoms with van der Waals surface area (Å²) in [5, 5.41) is 3.33. The molecule has 1 aromatic carbocycles. The van der Waals surface area contributed by atoms with Gasteiger partial charge in [0.05, 0.1) is 11.1 Å². The first kappa shape index (κ1) is 13.4. The van der Waals surface area contributed by atoms with E-state index in [9.17, 15) is 4.79 Å². The monoisotopic (exact) mass is 312 g/mol. The summed E-state index contributed by atoms with van der Waals surface area (Å²) in [4.78, 5) is 11.0. The summed E-state index contributed by atoms with van der Waals surface area (Å²) in [6, 6.07) is 5.16. The van der Waals surface area contributed by atoms with E-state index in [4.69, 9.17) is 10.5 Å². The molecule has 1 heterocycles. The van der Waals surface area contributed by atoms with E-state index in [0.29, 0.717) is 11.5 Å². The number of benzene rings is 1. The van der Waals surface area contributed by atoms with Crippen LogP contribution in [0.15, 0.2) is 22.7 Å². The second-order valence-electron chi connectivity index (χ2n) is 4.51. The minimum absolute atomic E-state index is 0.430.